The van der Waals surface area contributed by atoms with Crippen LogP contribution in [-0.2, 0) is 10.0 Å². The number of hydrogen-bond donors (Lipinski definition) is 2. The minimum absolute atomic E-state index is 0. The lowest BCUT2D eigenvalue weighted by Crippen LogP contribution is -2.52. The lowest BCUT2D eigenvalue weighted by molar-refractivity contribution is 0.240. The average Bonchev–Trinajstić information content (AvgIpc) is 3.24. The van der Waals surface area contributed by atoms with E-state index in [1.807, 2.05) is 27.7 Å². The second-order valence-corrected chi connectivity index (χ2v) is 8.28. The molecule has 0 saturated heterocycles. The van der Waals surface area contributed by atoms with Crippen molar-refractivity contribution in [1.29, 1.82) is 0 Å². The number of sulfonamides is 1. The molecule has 1 atom stereocenters. The summed E-state index contributed by atoms with van der Waals surface area (Å²) in [6.45, 7) is 7.90. The van der Waals surface area contributed by atoms with Crippen LogP contribution in [0.1, 0.15) is 39.2 Å². The van der Waals surface area contributed by atoms with Crippen molar-refractivity contribution in [2.45, 2.75) is 57.1 Å². The Morgan fingerprint density at radius 1 is 1.39 bits per heavy atom. The lowest BCUT2D eigenvalue weighted by atomic mass is 9.98. The summed E-state index contributed by atoms with van der Waals surface area (Å²) in [4.78, 5) is 0.251. The zero-order valence-corrected chi connectivity index (χ0v) is 15.8. The standard InChI is InChI=1S/C16H26N2O3S.ClH/c1-11(2)21-15-8-7-14(9-12(15)3)22(19,20)18-16(4,10-17)13-5-6-13;/h7-9,11,13,18H,5-6,10,17H2,1-4H3;1H. The number of rotatable bonds is 7. The summed E-state index contributed by atoms with van der Waals surface area (Å²) in [5.74, 6) is 1.04. The maximum Gasteiger partial charge on any atom is 0.241 e. The van der Waals surface area contributed by atoms with Gasteiger partial charge in [-0.3, -0.25) is 0 Å². The first-order valence-corrected chi connectivity index (χ1v) is 9.17. The zero-order valence-electron chi connectivity index (χ0n) is 14.1. The van der Waals surface area contributed by atoms with Crippen molar-refractivity contribution in [2.75, 3.05) is 6.54 Å². The quantitative estimate of drug-likeness (QED) is 0.781. The summed E-state index contributed by atoms with van der Waals surface area (Å²) in [6.07, 6.45) is 2.10. The molecule has 1 aliphatic carbocycles. The second kappa shape index (κ2) is 7.38. The number of nitrogens with one attached hydrogen (secondary N) is 1. The van der Waals surface area contributed by atoms with Gasteiger partial charge in [0.1, 0.15) is 5.75 Å². The van der Waals surface area contributed by atoms with E-state index in [4.69, 9.17) is 10.5 Å². The molecule has 0 bridgehead atoms. The highest BCUT2D eigenvalue weighted by Crippen LogP contribution is 2.39. The van der Waals surface area contributed by atoms with Crippen molar-refractivity contribution in [3.05, 3.63) is 23.8 Å². The van der Waals surface area contributed by atoms with E-state index < -0.39 is 15.6 Å². The number of benzene rings is 1. The molecule has 132 valence electrons. The minimum Gasteiger partial charge on any atom is -0.491 e. The highest BCUT2D eigenvalue weighted by molar-refractivity contribution is 7.89. The minimum atomic E-state index is -3.59. The topological polar surface area (TPSA) is 81.4 Å². The summed E-state index contributed by atoms with van der Waals surface area (Å²) >= 11 is 0. The first kappa shape index (κ1) is 20.2. The van der Waals surface area contributed by atoms with E-state index in [2.05, 4.69) is 4.72 Å². The van der Waals surface area contributed by atoms with E-state index in [1.54, 1.807) is 18.2 Å². The molecule has 1 fully saturated rings. The van der Waals surface area contributed by atoms with Crippen LogP contribution in [0.15, 0.2) is 23.1 Å². The molecule has 7 heteroatoms. The molecule has 23 heavy (non-hydrogen) atoms. The molecule has 0 aliphatic heterocycles. The van der Waals surface area contributed by atoms with Crippen LogP contribution >= 0.6 is 12.4 Å². The van der Waals surface area contributed by atoms with Crippen LogP contribution in [0.5, 0.6) is 5.75 Å². The van der Waals surface area contributed by atoms with Crippen LogP contribution in [-0.4, -0.2) is 26.6 Å². The SMILES string of the molecule is Cc1cc(S(=O)(=O)NC(C)(CN)C2CC2)ccc1OC(C)C.Cl. The van der Waals surface area contributed by atoms with Crippen LogP contribution < -0.4 is 15.2 Å². The third kappa shape index (κ3) is 4.83. The van der Waals surface area contributed by atoms with Crippen LogP contribution in [0.4, 0.5) is 0 Å². The summed E-state index contributed by atoms with van der Waals surface area (Å²) < 4.78 is 33.7. The Morgan fingerprint density at radius 2 is 2.00 bits per heavy atom. The van der Waals surface area contributed by atoms with Gasteiger partial charge < -0.3 is 10.5 Å². The van der Waals surface area contributed by atoms with Gasteiger partial charge in [-0.15, -0.1) is 12.4 Å². The maximum atomic E-state index is 12.6. The first-order chi connectivity index (χ1) is 10.2. The molecule has 1 unspecified atom stereocenters. The fourth-order valence-electron chi connectivity index (χ4n) is 2.55. The van der Waals surface area contributed by atoms with Gasteiger partial charge in [-0.05, 0) is 70.2 Å². The maximum absolute atomic E-state index is 12.6. The lowest BCUT2D eigenvalue weighted by Gasteiger charge is -2.29. The molecule has 5 nitrogen and oxygen atoms in total. The van der Waals surface area contributed by atoms with Crippen molar-refractivity contribution < 1.29 is 13.2 Å². The smallest absolute Gasteiger partial charge is 0.241 e. The van der Waals surface area contributed by atoms with Crippen LogP contribution in [0, 0.1) is 12.8 Å². The number of nitrogens with two attached hydrogens (primary N) is 1. The molecular formula is C16H27ClN2O3S. The summed E-state index contributed by atoms with van der Waals surface area (Å²) in [6, 6.07) is 4.93. The number of halogens is 1. The van der Waals surface area contributed by atoms with E-state index >= 15 is 0 Å². The normalized spacial score (nSPS) is 17.5. The molecule has 1 saturated carbocycles. The molecule has 1 aromatic carbocycles. The molecule has 3 N–H and O–H groups in total. The predicted octanol–water partition coefficient (Wildman–Crippen LogP) is 2.61. The monoisotopic (exact) mass is 362 g/mol. The van der Waals surface area contributed by atoms with Gasteiger partial charge in [0.25, 0.3) is 0 Å². The van der Waals surface area contributed by atoms with Crippen molar-refractivity contribution in [2.24, 2.45) is 11.7 Å². The van der Waals surface area contributed by atoms with Gasteiger partial charge in [-0.1, -0.05) is 0 Å². The van der Waals surface area contributed by atoms with Gasteiger partial charge in [0.05, 0.1) is 11.0 Å². The summed E-state index contributed by atoms with van der Waals surface area (Å²) in [5.41, 5.74) is 6.03. The summed E-state index contributed by atoms with van der Waals surface area (Å²) in [7, 11) is -3.59. The highest BCUT2D eigenvalue weighted by atomic mass is 35.5. The second-order valence-electron chi connectivity index (χ2n) is 6.60. The van der Waals surface area contributed by atoms with Gasteiger partial charge in [0.2, 0.25) is 10.0 Å². The molecule has 1 aliphatic rings. The average molecular weight is 363 g/mol. The first-order valence-electron chi connectivity index (χ1n) is 7.69. The van der Waals surface area contributed by atoms with E-state index in [0.29, 0.717) is 18.2 Å². The van der Waals surface area contributed by atoms with Gasteiger partial charge in [-0.2, -0.15) is 0 Å². The Morgan fingerprint density at radius 3 is 2.43 bits per heavy atom. The van der Waals surface area contributed by atoms with Crippen molar-refractivity contribution in [3.63, 3.8) is 0 Å². The summed E-state index contributed by atoms with van der Waals surface area (Å²) in [5, 5.41) is 0. The van der Waals surface area contributed by atoms with Gasteiger partial charge in [0.15, 0.2) is 0 Å². The molecular weight excluding hydrogens is 336 g/mol. The Balaban J connectivity index is 0.00000264. The van der Waals surface area contributed by atoms with E-state index in [9.17, 15) is 8.42 Å². The van der Waals surface area contributed by atoms with Gasteiger partial charge in [0, 0.05) is 12.1 Å². The van der Waals surface area contributed by atoms with Crippen LogP contribution in [0.2, 0.25) is 0 Å². The molecule has 1 aromatic rings. The van der Waals surface area contributed by atoms with Crippen molar-refractivity contribution >= 4 is 22.4 Å². The van der Waals surface area contributed by atoms with Crippen LogP contribution in [0.3, 0.4) is 0 Å². The predicted molar refractivity (Wildman–Crippen MR) is 94.7 cm³/mol. The zero-order chi connectivity index (χ0) is 16.5. The molecule has 0 spiro atoms. The third-order valence-corrected chi connectivity index (χ3v) is 5.70. The third-order valence-electron chi connectivity index (χ3n) is 4.09. The Labute approximate surface area is 145 Å². The molecule has 0 radical (unpaired) electrons. The largest absolute Gasteiger partial charge is 0.491 e. The van der Waals surface area contributed by atoms with Crippen LogP contribution in [0.25, 0.3) is 0 Å². The van der Waals surface area contributed by atoms with E-state index in [0.717, 1.165) is 18.4 Å². The molecule has 0 aromatic heterocycles. The fraction of sp³-hybridized carbons (Fsp3) is 0.625. The number of aryl methyl sites for hydroxylation is 1. The molecule has 0 amide bonds. The van der Waals surface area contributed by atoms with Crippen molar-refractivity contribution in [3.8, 4) is 5.75 Å². The Kier molecular flexibility index (Phi) is 6.49. The fourth-order valence-corrected chi connectivity index (χ4v) is 4.11. The molecule has 0 heterocycles. The Hall–Kier alpha value is -0.820. The highest BCUT2D eigenvalue weighted by Gasteiger charge is 2.43. The van der Waals surface area contributed by atoms with E-state index in [1.165, 1.54) is 0 Å². The van der Waals surface area contributed by atoms with E-state index in [-0.39, 0.29) is 23.4 Å². The Bertz CT molecular complexity index is 645. The van der Waals surface area contributed by atoms with Gasteiger partial charge in [-0.25, -0.2) is 13.1 Å². The van der Waals surface area contributed by atoms with Crippen molar-refractivity contribution in [1.82, 2.24) is 4.72 Å². The number of hydrogen-bond acceptors (Lipinski definition) is 4. The van der Waals surface area contributed by atoms with Gasteiger partial charge >= 0.3 is 0 Å². The number of ether oxygens (including phenoxy) is 1. The molecule has 2 rings (SSSR count).